The second-order valence-electron chi connectivity index (χ2n) is 8.39. The number of carbonyl (C=O) groups excluding carboxylic acids is 1. The van der Waals surface area contributed by atoms with Crippen molar-refractivity contribution in [2.24, 2.45) is 0 Å². The van der Waals surface area contributed by atoms with Crippen molar-refractivity contribution in [3.05, 3.63) is 63.2 Å². The van der Waals surface area contributed by atoms with Crippen molar-refractivity contribution in [3.63, 3.8) is 0 Å². The third-order valence-electron chi connectivity index (χ3n) is 6.13. The second-order valence-corrected chi connectivity index (χ2v) is 8.39. The summed E-state index contributed by atoms with van der Waals surface area (Å²) in [7, 11) is 0. The topological polar surface area (TPSA) is 83.8 Å². The summed E-state index contributed by atoms with van der Waals surface area (Å²) >= 11 is 0. The van der Waals surface area contributed by atoms with Crippen LogP contribution in [-0.2, 0) is 11.2 Å². The number of rotatable bonds is 6. The Balaban J connectivity index is 0.00000193. The van der Waals surface area contributed by atoms with E-state index in [1.165, 1.54) is 5.56 Å². The number of anilines is 1. The number of nitrogens with one attached hydrogen (secondary N) is 2. The summed E-state index contributed by atoms with van der Waals surface area (Å²) in [6.45, 7) is 8.14. The Morgan fingerprint density at radius 2 is 1.91 bits per heavy atom. The molecule has 2 aliphatic rings. The largest absolute Gasteiger partial charge is 0.427 e. The Morgan fingerprint density at radius 3 is 2.55 bits per heavy atom. The molecule has 2 aliphatic heterocycles. The van der Waals surface area contributed by atoms with Gasteiger partial charge >= 0.3 is 5.63 Å². The number of carbonyl (C=O) groups is 1. The molecule has 0 radical (unpaired) electrons. The molecule has 182 valence electrons. The fourth-order valence-electron chi connectivity index (χ4n) is 4.26. The van der Waals surface area contributed by atoms with Gasteiger partial charge in [0.25, 0.3) is 5.91 Å². The van der Waals surface area contributed by atoms with Crippen molar-refractivity contribution in [2.75, 3.05) is 51.3 Å². The molecule has 1 atom stereocenters. The molecule has 1 amide bonds. The van der Waals surface area contributed by atoms with E-state index in [-0.39, 0.29) is 36.3 Å². The highest BCUT2D eigenvalue weighted by molar-refractivity contribution is 6.04. The van der Waals surface area contributed by atoms with Crippen LogP contribution in [0.3, 0.4) is 0 Å². The maximum atomic E-state index is 12.8. The van der Waals surface area contributed by atoms with Gasteiger partial charge in [-0.1, -0.05) is 12.1 Å². The number of ether oxygens (including phenoxy) is 1. The number of amides is 1. The van der Waals surface area contributed by atoms with Crippen LogP contribution in [0.2, 0.25) is 0 Å². The molecule has 33 heavy (non-hydrogen) atoms. The molecule has 0 spiro atoms. The molecule has 2 N–H and O–H groups in total. The number of halogens is 2. The van der Waals surface area contributed by atoms with E-state index in [1.54, 1.807) is 6.92 Å². The molecule has 0 aliphatic carbocycles. The Kier molecular flexibility index (Phi) is 10.9. The van der Waals surface area contributed by atoms with Crippen molar-refractivity contribution >= 4 is 36.4 Å². The van der Waals surface area contributed by atoms with Crippen LogP contribution in [0.15, 0.2) is 39.5 Å². The monoisotopic (exact) mass is 497 g/mol. The summed E-state index contributed by atoms with van der Waals surface area (Å²) in [6.07, 6.45) is 2.99. The van der Waals surface area contributed by atoms with Crippen molar-refractivity contribution in [1.29, 1.82) is 0 Å². The summed E-state index contributed by atoms with van der Waals surface area (Å²) in [5.41, 5.74) is 2.03. The summed E-state index contributed by atoms with van der Waals surface area (Å²) in [5, 5.41) is 6.16. The highest BCUT2D eigenvalue weighted by atomic mass is 35.5. The Hall–Kier alpha value is -1.90. The maximum Gasteiger partial charge on any atom is 0.349 e. The summed E-state index contributed by atoms with van der Waals surface area (Å²) in [5.74, 6) is 0.416. The first kappa shape index (κ1) is 27.3. The van der Waals surface area contributed by atoms with E-state index in [1.807, 2.05) is 30.3 Å². The molecule has 3 heterocycles. The van der Waals surface area contributed by atoms with Crippen LogP contribution in [0.5, 0.6) is 0 Å². The predicted molar refractivity (Wildman–Crippen MR) is 134 cm³/mol. The first-order valence-electron chi connectivity index (χ1n) is 11.2. The number of hydrogen-bond acceptors (Lipinski definition) is 6. The van der Waals surface area contributed by atoms with Gasteiger partial charge in [0.2, 0.25) is 0 Å². The van der Waals surface area contributed by atoms with Crippen LogP contribution in [0.25, 0.3) is 0 Å². The van der Waals surface area contributed by atoms with Gasteiger partial charge in [-0.2, -0.15) is 0 Å². The van der Waals surface area contributed by atoms with Gasteiger partial charge in [0.1, 0.15) is 11.3 Å². The molecule has 0 saturated carbocycles. The quantitative estimate of drug-likeness (QED) is 0.636. The zero-order valence-electron chi connectivity index (χ0n) is 18.9. The van der Waals surface area contributed by atoms with E-state index in [0.29, 0.717) is 17.0 Å². The summed E-state index contributed by atoms with van der Waals surface area (Å²) in [4.78, 5) is 27.7. The second kappa shape index (κ2) is 13.1. The number of hydrogen-bond donors (Lipinski definition) is 2. The molecule has 1 aromatic heterocycles. The van der Waals surface area contributed by atoms with Crippen LogP contribution in [0.4, 0.5) is 5.69 Å². The van der Waals surface area contributed by atoms with Crippen LogP contribution in [0.1, 0.15) is 46.0 Å². The van der Waals surface area contributed by atoms with E-state index >= 15 is 0 Å². The van der Waals surface area contributed by atoms with Crippen LogP contribution in [0, 0.1) is 6.92 Å². The average Bonchev–Trinajstić information content (AvgIpc) is 2.79. The SMILES string of the molecule is Cc1cc(C2CCCNC2)oc(=O)c1C(=O)Nc1ccc(CCN2CCOCC2)cc1.Cl.Cl. The number of benzene rings is 1. The van der Waals surface area contributed by atoms with Crippen molar-refractivity contribution in [3.8, 4) is 0 Å². The van der Waals surface area contributed by atoms with Gasteiger partial charge in [0.05, 0.1) is 13.2 Å². The van der Waals surface area contributed by atoms with Gasteiger partial charge in [0.15, 0.2) is 0 Å². The normalized spacial score (nSPS) is 18.6. The first-order chi connectivity index (χ1) is 15.1. The summed E-state index contributed by atoms with van der Waals surface area (Å²) in [6, 6.07) is 9.63. The Bertz CT molecular complexity index is 953. The smallest absolute Gasteiger partial charge is 0.349 e. The molecule has 0 bridgehead atoms. The third-order valence-corrected chi connectivity index (χ3v) is 6.13. The van der Waals surface area contributed by atoms with Gasteiger partial charge in [-0.25, -0.2) is 4.79 Å². The molecule has 1 aromatic carbocycles. The van der Waals surface area contributed by atoms with Crippen LogP contribution >= 0.6 is 24.8 Å². The lowest BCUT2D eigenvalue weighted by atomic mass is 9.95. The van der Waals surface area contributed by atoms with E-state index < -0.39 is 11.5 Å². The molecular formula is C24H33Cl2N3O4. The lowest BCUT2D eigenvalue weighted by Gasteiger charge is -2.26. The van der Waals surface area contributed by atoms with Crippen molar-refractivity contribution in [1.82, 2.24) is 10.2 Å². The van der Waals surface area contributed by atoms with Crippen molar-refractivity contribution < 1.29 is 13.9 Å². The lowest BCUT2D eigenvalue weighted by Crippen LogP contribution is -2.37. The number of nitrogens with zero attached hydrogens (tertiary/aromatic N) is 1. The fraction of sp³-hybridized carbons (Fsp3) is 0.500. The Morgan fingerprint density at radius 1 is 1.18 bits per heavy atom. The highest BCUT2D eigenvalue weighted by Gasteiger charge is 2.22. The number of piperidine rings is 1. The van der Waals surface area contributed by atoms with Gasteiger partial charge in [-0.15, -0.1) is 24.8 Å². The molecule has 2 saturated heterocycles. The molecule has 4 rings (SSSR count). The van der Waals surface area contributed by atoms with E-state index in [9.17, 15) is 9.59 Å². The number of aryl methyl sites for hydroxylation is 1. The minimum absolute atomic E-state index is 0. The average molecular weight is 498 g/mol. The molecule has 7 nitrogen and oxygen atoms in total. The zero-order valence-corrected chi connectivity index (χ0v) is 20.6. The van der Waals surface area contributed by atoms with E-state index in [0.717, 1.165) is 65.2 Å². The molecule has 2 aromatic rings. The van der Waals surface area contributed by atoms with E-state index in [2.05, 4.69) is 15.5 Å². The molecular weight excluding hydrogens is 465 g/mol. The number of morpholine rings is 1. The summed E-state index contributed by atoms with van der Waals surface area (Å²) < 4.78 is 10.9. The standard InChI is InChI=1S/C24H31N3O4.2ClH/c1-17-15-21(19-3-2-9-25-16-19)31-24(29)22(17)23(28)26-20-6-4-18(5-7-20)8-10-27-11-13-30-14-12-27;;/h4-7,15,19,25H,2-3,8-14,16H2,1H3,(H,26,28);2*1H. The van der Waals surface area contributed by atoms with Gasteiger partial charge in [0, 0.05) is 37.8 Å². The first-order valence-corrected chi connectivity index (χ1v) is 11.2. The van der Waals surface area contributed by atoms with Gasteiger partial charge in [-0.3, -0.25) is 9.69 Å². The van der Waals surface area contributed by atoms with Crippen molar-refractivity contribution in [2.45, 2.75) is 32.1 Å². The minimum Gasteiger partial charge on any atom is -0.427 e. The maximum absolute atomic E-state index is 12.8. The zero-order chi connectivity index (χ0) is 21.6. The molecule has 9 heteroatoms. The minimum atomic E-state index is -0.569. The van der Waals surface area contributed by atoms with Crippen LogP contribution < -0.4 is 16.3 Å². The van der Waals surface area contributed by atoms with Gasteiger partial charge in [-0.05, 0) is 62.1 Å². The third kappa shape index (κ3) is 7.29. The highest BCUT2D eigenvalue weighted by Crippen LogP contribution is 2.24. The molecule has 1 unspecified atom stereocenters. The van der Waals surface area contributed by atoms with Gasteiger partial charge < -0.3 is 19.8 Å². The predicted octanol–water partition coefficient (Wildman–Crippen LogP) is 3.39. The Labute approximate surface area is 207 Å². The molecule has 2 fully saturated rings. The lowest BCUT2D eigenvalue weighted by molar-refractivity contribution is 0.0384. The van der Waals surface area contributed by atoms with Crippen LogP contribution in [-0.4, -0.2) is 56.7 Å². The fourth-order valence-corrected chi connectivity index (χ4v) is 4.26. The van der Waals surface area contributed by atoms with E-state index in [4.69, 9.17) is 9.15 Å².